The lowest BCUT2D eigenvalue weighted by Crippen LogP contribution is -2.50. The van der Waals surface area contributed by atoms with Crippen molar-refractivity contribution in [3.63, 3.8) is 0 Å². The maximum Gasteiger partial charge on any atom is 0.339 e. The first-order valence-corrected chi connectivity index (χ1v) is 6.74. The Morgan fingerprint density at radius 3 is 2.55 bits per heavy atom. The quantitative estimate of drug-likeness (QED) is 0.843. The molecule has 0 radical (unpaired) electrons. The van der Waals surface area contributed by atoms with Gasteiger partial charge in [-0.2, -0.15) is 0 Å². The van der Waals surface area contributed by atoms with Gasteiger partial charge in [0.2, 0.25) is 0 Å². The van der Waals surface area contributed by atoms with Crippen LogP contribution in [0.1, 0.15) is 24.2 Å². The molecule has 0 aliphatic carbocycles. The number of hydrogen-bond acceptors (Lipinski definition) is 5. The number of carboxylic acids is 1. The van der Waals surface area contributed by atoms with Gasteiger partial charge in [-0.25, -0.2) is 4.79 Å². The standard InChI is InChI=1S/C14H21N3O3/c1-14(2,20)10-16-5-7-17(8-6-16)12-3-4-15-9-11(12)13(18)19/h3-4,9,20H,5-8,10H2,1-2H3,(H,18,19). The van der Waals surface area contributed by atoms with Crippen LogP contribution in [0.15, 0.2) is 18.5 Å². The molecule has 110 valence electrons. The molecule has 1 aromatic heterocycles. The summed E-state index contributed by atoms with van der Waals surface area (Å²) in [5, 5.41) is 19.0. The Morgan fingerprint density at radius 1 is 1.35 bits per heavy atom. The van der Waals surface area contributed by atoms with E-state index < -0.39 is 11.6 Å². The van der Waals surface area contributed by atoms with E-state index in [1.807, 2.05) is 0 Å². The first-order chi connectivity index (χ1) is 9.37. The number of aliphatic hydroxyl groups is 1. The minimum absolute atomic E-state index is 0.239. The van der Waals surface area contributed by atoms with E-state index in [4.69, 9.17) is 0 Å². The Morgan fingerprint density at radius 2 is 2.00 bits per heavy atom. The third-order valence-electron chi connectivity index (χ3n) is 3.35. The van der Waals surface area contributed by atoms with Crippen LogP contribution in [0.2, 0.25) is 0 Å². The maximum atomic E-state index is 11.2. The van der Waals surface area contributed by atoms with Crippen LogP contribution in [0.5, 0.6) is 0 Å². The van der Waals surface area contributed by atoms with Gasteiger partial charge in [-0.3, -0.25) is 9.88 Å². The van der Waals surface area contributed by atoms with E-state index in [2.05, 4.69) is 14.8 Å². The van der Waals surface area contributed by atoms with Gasteiger partial charge in [0.05, 0.1) is 11.3 Å². The van der Waals surface area contributed by atoms with Crippen LogP contribution >= 0.6 is 0 Å². The van der Waals surface area contributed by atoms with Crippen LogP contribution < -0.4 is 4.90 Å². The summed E-state index contributed by atoms with van der Waals surface area (Å²) in [6.07, 6.45) is 3.01. The SMILES string of the molecule is CC(C)(O)CN1CCN(c2ccncc2C(=O)O)CC1. The summed E-state index contributed by atoms with van der Waals surface area (Å²) in [6, 6.07) is 1.75. The summed E-state index contributed by atoms with van der Waals surface area (Å²) in [4.78, 5) is 19.3. The lowest BCUT2D eigenvalue weighted by atomic mass is 10.1. The Labute approximate surface area is 118 Å². The summed E-state index contributed by atoms with van der Waals surface area (Å²) in [5.41, 5.74) is 0.254. The highest BCUT2D eigenvalue weighted by Gasteiger charge is 2.24. The molecule has 0 spiro atoms. The number of pyridine rings is 1. The average Bonchev–Trinajstić information content (AvgIpc) is 2.38. The molecular formula is C14H21N3O3. The number of β-amino-alcohol motifs (C(OH)–C–C–N with tert-alkyl or cyclic N) is 1. The van der Waals surface area contributed by atoms with Gasteiger partial charge < -0.3 is 15.1 Å². The second-order valence-corrected chi connectivity index (χ2v) is 5.77. The minimum Gasteiger partial charge on any atom is -0.478 e. The zero-order chi connectivity index (χ0) is 14.8. The van der Waals surface area contributed by atoms with Gasteiger partial charge in [0, 0.05) is 45.1 Å². The molecule has 1 aliphatic heterocycles. The molecule has 0 amide bonds. The topological polar surface area (TPSA) is 76.9 Å². The molecule has 2 rings (SSSR count). The van der Waals surface area contributed by atoms with E-state index in [0.29, 0.717) is 6.54 Å². The van der Waals surface area contributed by atoms with E-state index in [0.717, 1.165) is 31.9 Å². The van der Waals surface area contributed by atoms with Crippen LogP contribution in [0, 0.1) is 0 Å². The molecule has 6 nitrogen and oxygen atoms in total. The number of anilines is 1. The fourth-order valence-corrected chi connectivity index (χ4v) is 2.52. The predicted octanol–water partition coefficient (Wildman–Crippen LogP) is 0.673. The highest BCUT2D eigenvalue weighted by Crippen LogP contribution is 2.21. The molecule has 0 unspecified atom stereocenters. The minimum atomic E-state index is -0.952. The number of carboxylic acid groups (broad SMARTS) is 1. The molecular weight excluding hydrogens is 258 g/mol. The molecule has 1 aromatic rings. The summed E-state index contributed by atoms with van der Waals surface area (Å²) >= 11 is 0. The second-order valence-electron chi connectivity index (χ2n) is 5.77. The molecule has 2 N–H and O–H groups in total. The molecule has 20 heavy (non-hydrogen) atoms. The summed E-state index contributed by atoms with van der Waals surface area (Å²) < 4.78 is 0. The third kappa shape index (κ3) is 3.68. The van der Waals surface area contributed by atoms with Crippen molar-refractivity contribution in [2.24, 2.45) is 0 Å². The smallest absolute Gasteiger partial charge is 0.339 e. The van der Waals surface area contributed by atoms with Crippen molar-refractivity contribution in [3.8, 4) is 0 Å². The van der Waals surface area contributed by atoms with E-state index in [1.165, 1.54) is 6.20 Å². The Bertz CT molecular complexity index is 477. The van der Waals surface area contributed by atoms with Gasteiger partial charge in [-0.15, -0.1) is 0 Å². The number of nitrogens with zero attached hydrogens (tertiary/aromatic N) is 3. The third-order valence-corrected chi connectivity index (χ3v) is 3.35. The zero-order valence-corrected chi connectivity index (χ0v) is 11.9. The lowest BCUT2D eigenvalue weighted by Gasteiger charge is -2.38. The van der Waals surface area contributed by atoms with Crippen molar-refractivity contribution >= 4 is 11.7 Å². The van der Waals surface area contributed by atoms with Crippen molar-refractivity contribution in [1.29, 1.82) is 0 Å². The highest BCUT2D eigenvalue weighted by molar-refractivity contribution is 5.94. The van der Waals surface area contributed by atoms with Crippen LogP contribution in [0.4, 0.5) is 5.69 Å². The first-order valence-electron chi connectivity index (χ1n) is 6.74. The fourth-order valence-electron chi connectivity index (χ4n) is 2.52. The number of hydrogen-bond donors (Lipinski definition) is 2. The van der Waals surface area contributed by atoms with Gasteiger partial charge >= 0.3 is 5.97 Å². The maximum absolute atomic E-state index is 11.2. The monoisotopic (exact) mass is 279 g/mol. The van der Waals surface area contributed by atoms with Crippen LogP contribution in [0.25, 0.3) is 0 Å². The summed E-state index contributed by atoms with van der Waals surface area (Å²) in [7, 11) is 0. The second kappa shape index (κ2) is 5.76. The van der Waals surface area contributed by atoms with E-state index in [-0.39, 0.29) is 5.56 Å². The van der Waals surface area contributed by atoms with Crippen LogP contribution in [0.3, 0.4) is 0 Å². The van der Waals surface area contributed by atoms with Gasteiger partial charge in [0.15, 0.2) is 0 Å². The molecule has 6 heteroatoms. The molecule has 2 heterocycles. The summed E-state index contributed by atoms with van der Waals surface area (Å²) in [6.45, 7) is 7.34. The van der Waals surface area contributed by atoms with Crippen molar-refractivity contribution in [2.45, 2.75) is 19.4 Å². The highest BCUT2D eigenvalue weighted by atomic mass is 16.4. The Kier molecular flexibility index (Phi) is 4.25. The summed E-state index contributed by atoms with van der Waals surface area (Å²) in [5.74, 6) is -0.952. The number of aromatic carboxylic acids is 1. The number of rotatable bonds is 4. The average molecular weight is 279 g/mol. The van der Waals surface area contributed by atoms with Crippen LogP contribution in [-0.2, 0) is 0 Å². The number of aromatic nitrogens is 1. The zero-order valence-electron chi connectivity index (χ0n) is 11.9. The molecule has 0 bridgehead atoms. The van der Waals surface area contributed by atoms with Gasteiger partial charge in [0.25, 0.3) is 0 Å². The van der Waals surface area contributed by atoms with Crippen LogP contribution in [-0.4, -0.2) is 64.4 Å². The predicted molar refractivity (Wildman–Crippen MR) is 76.1 cm³/mol. The Balaban J connectivity index is 2.03. The molecule has 0 saturated carbocycles. The largest absolute Gasteiger partial charge is 0.478 e. The van der Waals surface area contributed by atoms with E-state index in [1.54, 1.807) is 26.1 Å². The van der Waals surface area contributed by atoms with E-state index >= 15 is 0 Å². The van der Waals surface area contributed by atoms with E-state index in [9.17, 15) is 15.0 Å². The fraction of sp³-hybridized carbons (Fsp3) is 0.571. The van der Waals surface area contributed by atoms with Crippen molar-refractivity contribution in [2.75, 3.05) is 37.6 Å². The molecule has 1 saturated heterocycles. The first kappa shape index (κ1) is 14.7. The van der Waals surface area contributed by atoms with Gasteiger partial charge in [-0.05, 0) is 19.9 Å². The number of piperazine rings is 1. The van der Waals surface area contributed by atoms with Gasteiger partial charge in [0.1, 0.15) is 5.56 Å². The van der Waals surface area contributed by atoms with Crippen molar-refractivity contribution in [1.82, 2.24) is 9.88 Å². The van der Waals surface area contributed by atoms with Crippen molar-refractivity contribution < 1.29 is 15.0 Å². The molecule has 1 fully saturated rings. The normalized spacial score (nSPS) is 17.2. The lowest BCUT2D eigenvalue weighted by molar-refractivity contribution is 0.0345. The Hall–Kier alpha value is -1.66. The molecule has 0 aromatic carbocycles. The van der Waals surface area contributed by atoms with Crippen molar-refractivity contribution in [3.05, 3.63) is 24.0 Å². The van der Waals surface area contributed by atoms with Gasteiger partial charge in [-0.1, -0.05) is 0 Å². The number of carbonyl (C=O) groups is 1. The molecule has 1 aliphatic rings. The molecule has 0 atom stereocenters.